The third kappa shape index (κ3) is 17.4. The molecule has 6 heteroatoms. The van der Waals surface area contributed by atoms with Crippen molar-refractivity contribution in [1.82, 2.24) is 0 Å². The number of carboxylic acid groups (broad SMARTS) is 1. The molecule has 0 aliphatic heterocycles. The van der Waals surface area contributed by atoms with Gasteiger partial charge in [-0.05, 0) is 6.92 Å². The van der Waals surface area contributed by atoms with Gasteiger partial charge in [-0.2, -0.15) is 0 Å². The number of carbonyl (C=O) groups is 1. The van der Waals surface area contributed by atoms with Gasteiger partial charge in [-0.15, -0.1) is 0 Å². The quantitative estimate of drug-likeness (QED) is 0.411. The van der Waals surface area contributed by atoms with E-state index in [-0.39, 0.29) is 19.6 Å². The summed E-state index contributed by atoms with van der Waals surface area (Å²) in [6, 6.07) is 0. The molecule has 0 aromatic carbocycles. The summed E-state index contributed by atoms with van der Waals surface area (Å²) >= 11 is 0. The van der Waals surface area contributed by atoms with Crippen molar-refractivity contribution < 1.29 is 30.0 Å². The molecule has 0 bridgehead atoms. The maximum Gasteiger partial charge on any atom is 0.305 e. The number of aliphatic hydroxyl groups is 3. The van der Waals surface area contributed by atoms with Crippen molar-refractivity contribution in [1.29, 1.82) is 0 Å². The van der Waals surface area contributed by atoms with Gasteiger partial charge < -0.3 is 25.2 Å². The van der Waals surface area contributed by atoms with Crippen molar-refractivity contribution in [3.05, 3.63) is 0 Å². The first-order chi connectivity index (χ1) is 6.58. The highest BCUT2D eigenvalue weighted by molar-refractivity contribution is 5.66. The fourth-order valence-electron chi connectivity index (χ4n) is 0.362. The average Bonchev–Trinajstić information content (AvgIpc) is 2.17. The van der Waals surface area contributed by atoms with Gasteiger partial charge in [0, 0.05) is 6.61 Å². The van der Waals surface area contributed by atoms with E-state index in [2.05, 4.69) is 0 Å². The normalized spacial score (nSPS) is 9.50. The maximum atomic E-state index is 9.79. The molecule has 0 atom stereocenters. The number of aliphatic hydroxyl groups excluding tert-OH is 3. The van der Waals surface area contributed by atoms with E-state index >= 15 is 0 Å². The third-order valence-electron chi connectivity index (χ3n) is 1.09. The van der Waals surface area contributed by atoms with Crippen LogP contribution < -0.4 is 0 Å². The maximum absolute atomic E-state index is 9.79. The molecule has 0 aliphatic carbocycles. The Morgan fingerprint density at radius 3 is 2.07 bits per heavy atom. The minimum atomic E-state index is -0.954. The number of ether oxygens (including phenoxy) is 1. The van der Waals surface area contributed by atoms with E-state index in [1.54, 1.807) is 0 Å². The molecule has 0 fully saturated rings. The Balaban J connectivity index is 0. The molecule has 0 rings (SSSR count). The molecular formula is C8H18O6. The van der Waals surface area contributed by atoms with Gasteiger partial charge in [-0.3, -0.25) is 4.79 Å². The molecule has 0 saturated heterocycles. The summed E-state index contributed by atoms with van der Waals surface area (Å²) in [4.78, 5) is 9.79. The van der Waals surface area contributed by atoms with Gasteiger partial charge in [0.05, 0.1) is 26.2 Å². The molecular weight excluding hydrogens is 192 g/mol. The highest BCUT2D eigenvalue weighted by atomic mass is 16.5. The van der Waals surface area contributed by atoms with E-state index < -0.39 is 12.1 Å². The van der Waals surface area contributed by atoms with Crippen LogP contribution in [0.15, 0.2) is 0 Å². The smallest absolute Gasteiger partial charge is 0.305 e. The van der Waals surface area contributed by atoms with Crippen LogP contribution >= 0.6 is 0 Å². The second-order valence-electron chi connectivity index (χ2n) is 2.36. The van der Waals surface area contributed by atoms with Crippen LogP contribution in [0.3, 0.4) is 0 Å². The second kappa shape index (κ2) is 12.3. The zero-order valence-corrected chi connectivity index (χ0v) is 8.22. The molecule has 0 heterocycles. The average molecular weight is 210 g/mol. The van der Waals surface area contributed by atoms with Crippen molar-refractivity contribution in [2.24, 2.45) is 0 Å². The van der Waals surface area contributed by atoms with Crippen LogP contribution in [0, 0.1) is 0 Å². The Morgan fingerprint density at radius 2 is 1.86 bits per heavy atom. The van der Waals surface area contributed by atoms with Crippen LogP contribution in [0.25, 0.3) is 0 Å². The molecule has 0 aromatic rings. The van der Waals surface area contributed by atoms with Gasteiger partial charge in [-0.25, -0.2) is 0 Å². The molecule has 0 spiro atoms. The standard InChI is InChI=1S/C5H10O3.C3H8O3/c1-2-8-4-3-5(6)7;4-1-3(6)2-5/h2-4H2,1H3,(H,6,7);3-6H,1-2H2. The van der Waals surface area contributed by atoms with Crippen molar-refractivity contribution >= 4 is 5.97 Å². The van der Waals surface area contributed by atoms with Gasteiger partial charge in [0.15, 0.2) is 0 Å². The highest BCUT2D eigenvalue weighted by Gasteiger charge is 1.94. The topological polar surface area (TPSA) is 107 Å². The Hall–Kier alpha value is -0.690. The van der Waals surface area contributed by atoms with E-state index in [0.717, 1.165) is 0 Å². The SMILES string of the molecule is CCOCCC(=O)O.OCC(O)CO. The first kappa shape index (κ1) is 15.8. The first-order valence-corrected chi connectivity index (χ1v) is 4.27. The highest BCUT2D eigenvalue weighted by Crippen LogP contribution is 1.80. The van der Waals surface area contributed by atoms with Crippen LogP contribution in [0.1, 0.15) is 13.3 Å². The number of hydrogen-bond acceptors (Lipinski definition) is 5. The fraction of sp³-hybridized carbons (Fsp3) is 0.875. The van der Waals surface area contributed by atoms with E-state index in [0.29, 0.717) is 13.2 Å². The van der Waals surface area contributed by atoms with Crippen molar-refractivity contribution in [3.63, 3.8) is 0 Å². The minimum absolute atomic E-state index is 0.105. The number of carboxylic acids is 1. The van der Waals surface area contributed by atoms with E-state index in [1.807, 2.05) is 6.92 Å². The third-order valence-corrected chi connectivity index (χ3v) is 1.09. The monoisotopic (exact) mass is 210 g/mol. The second-order valence-corrected chi connectivity index (χ2v) is 2.36. The minimum Gasteiger partial charge on any atom is -0.481 e. The molecule has 6 nitrogen and oxygen atoms in total. The summed E-state index contributed by atoms with van der Waals surface area (Å²) in [7, 11) is 0. The lowest BCUT2D eigenvalue weighted by Crippen LogP contribution is -2.15. The number of rotatable bonds is 6. The lowest BCUT2D eigenvalue weighted by molar-refractivity contribution is -0.138. The van der Waals surface area contributed by atoms with Crippen LogP contribution in [-0.2, 0) is 9.53 Å². The van der Waals surface area contributed by atoms with E-state index in [1.165, 1.54) is 0 Å². The number of aliphatic carboxylic acids is 1. The Kier molecular flexibility index (Phi) is 13.9. The van der Waals surface area contributed by atoms with Gasteiger partial charge in [0.2, 0.25) is 0 Å². The molecule has 0 saturated carbocycles. The summed E-state index contributed by atoms with van der Waals surface area (Å²) < 4.78 is 4.76. The first-order valence-electron chi connectivity index (χ1n) is 4.27. The molecule has 14 heavy (non-hydrogen) atoms. The molecule has 0 aromatic heterocycles. The Morgan fingerprint density at radius 1 is 1.36 bits per heavy atom. The summed E-state index contributed by atoms with van der Waals surface area (Å²) in [5.41, 5.74) is 0. The van der Waals surface area contributed by atoms with Crippen molar-refractivity contribution in [2.75, 3.05) is 26.4 Å². The lowest BCUT2D eigenvalue weighted by atomic mass is 10.4. The van der Waals surface area contributed by atoms with E-state index in [9.17, 15) is 4.79 Å². The van der Waals surface area contributed by atoms with E-state index in [4.69, 9.17) is 25.2 Å². The Labute approximate surface area is 82.8 Å². The van der Waals surface area contributed by atoms with Gasteiger partial charge in [-0.1, -0.05) is 0 Å². The zero-order chi connectivity index (χ0) is 11.4. The largest absolute Gasteiger partial charge is 0.481 e. The molecule has 86 valence electrons. The van der Waals surface area contributed by atoms with Crippen LogP contribution in [-0.4, -0.2) is 58.9 Å². The Bertz CT molecular complexity index is 123. The fourth-order valence-corrected chi connectivity index (χ4v) is 0.362. The zero-order valence-electron chi connectivity index (χ0n) is 8.22. The molecule has 0 amide bonds. The summed E-state index contributed by atoms with van der Waals surface area (Å²) in [6.45, 7) is 2.02. The number of hydrogen-bond donors (Lipinski definition) is 4. The van der Waals surface area contributed by atoms with Crippen LogP contribution in [0.5, 0.6) is 0 Å². The van der Waals surface area contributed by atoms with Crippen molar-refractivity contribution in [2.45, 2.75) is 19.4 Å². The van der Waals surface area contributed by atoms with Crippen molar-refractivity contribution in [3.8, 4) is 0 Å². The molecule has 4 N–H and O–H groups in total. The summed E-state index contributed by atoms with van der Waals surface area (Å²) in [6.07, 6.45) is -0.849. The van der Waals surface area contributed by atoms with Gasteiger partial charge >= 0.3 is 5.97 Å². The predicted molar refractivity (Wildman–Crippen MR) is 48.9 cm³/mol. The molecule has 0 unspecified atom stereocenters. The van der Waals surface area contributed by atoms with Gasteiger partial charge in [0.25, 0.3) is 0 Å². The van der Waals surface area contributed by atoms with Crippen LogP contribution in [0.2, 0.25) is 0 Å². The molecule has 0 aliphatic rings. The van der Waals surface area contributed by atoms with Gasteiger partial charge in [0.1, 0.15) is 6.10 Å². The summed E-state index contributed by atoms with van der Waals surface area (Å²) in [5.74, 6) is -0.807. The summed E-state index contributed by atoms with van der Waals surface area (Å²) in [5, 5.41) is 32.1. The lowest BCUT2D eigenvalue weighted by Gasteiger charge is -1.96. The van der Waals surface area contributed by atoms with Crippen LogP contribution in [0.4, 0.5) is 0 Å². The predicted octanol–water partition coefficient (Wildman–Crippen LogP) is -1.17. The molecule has 0 radical (unpaired) electrons.